The predicted octanol–water partition coefficient (Wildman–Crippen LogP) is 5.25. The molecule has 3 aromatic rings. The van der Waals surface area contributed by atoms with E-state index in [1.54, 1.807) is 18.2 Å². The number of aryl methyl sites for hydroxylation is 1. The molecule has 1 aromatic heterocycles. The van der Waals surface area contributed by atoms with Gasteiger partial charge in [-0.05, 0) is 37.3 Å². The van der Waals surface area contributed by atoms with Crippen LogP contribution in [0.4, 0.5) is 0 Å². The van der Waals surface area contributed by atoms with Crippen molar-refractivity contribution in [3.63, 3.8) is 0 Å². The summed E-state index contributed by atoms with van der Waals surface area (Å²) in [5.74, 6) is 1.44. The highest BCUT2D eigenvalue weighted by atomic mass is 35.5. The van der Waals surface area contributed by atoms with Gasteiger partial charge >= 0.3 is 0 Å². The van der Waals surface area contributed by atoms with Gasteiger partial charge in [0.15, 0.2) is 0 Å². The molecule has 130 valence electrons. The quantitative estimate of drug-likeness (QED) is 0.517. The van der Waals surface area contributed by atoms with Crippen LogP contribution in [-0.4, -0.2) is 25.9 Å². The Morgan fingerprint density at radius 2 is 1.88 bits per heavy atom. The SMILES string of the molecule is Cc1ccc(-c2nnc(SCCS(=O)c3cc(Cl)ccc3Cl)o2)cc1. The van der Waals surface area contributed by atoms with Crippen molar-refractivity contribution in [3.05, 3.63) is 58.1 Å². The van der Waals surface area contributed by atoms with Gasteiger partial charge in [-0.1, -0.05) is 52.7 Å². The van der Waals surface area contributed by atoms with Crippen molar-refractivity contribution in [1.82, 2.24) is 10.2 Å². The monoisotopic (exact) mass is 412 g/mol. The lowest BCUT2D eigenvalue weighted by Crippen LogP contribution is -2.01. The molecule has 4 nitrogen and oxygen atoms in total. The van der Waals surface area contributed by atoms with Crippen LogP contribution in [0.5, 0.6) is 0 Å². The highest BCUT2D eigenvalue weighted by Gasteiger charge is 2.12. The van der Waals surface area contributed by atoms with Gasteiger partial charge in [-0.2, -0.15) is 0 Å². The van der Waals surface area contributed by atoms with Crippen molar-refractivity contribution in [1.29, 1.82) is 0 Å². The Morgan fingerprint density at radius 3 is 2.64 bits per heavy atom. The molecule has 0 saturated heterocycles. The Hall–Kier alpha value is -1.34. The van der Waals surface area contributed by atoms with Gasteiger partial charge in [0, 0.05) is 22.1 Å². The Kier molecular flexibility index (Phi) is 6.17. The standard InChI is InChI=1S/C17H14Cl2N2O2S2/c1-11-2-4-12(5-3-11)16-20-21-17(23-16)24-8-9-25(22)15-10-13(18)6-7-14(15)19/h2-7,10H,8-9H2,1H3. The number of nitrogens with zero attached hydrogens (tertiary/aromatic N) is 2. The molecule has 0 N–H and O–H groups in total. The zero-order chi connectivity index (χ0) is 17.8. The first-order valence-corrected chi connectivity index (χ1v) is 10.5. The Morgan fingerprint density at radius 1 is 1.12 bits per heavy atom. The van der Waals surface area contributed by atoms with Crippen molar-refractivity contribution in [2.45, 2.75) is 17.0 Å². The van der Waals surface area contributed by atoms with Crippen LogP contribution in [0.1, 0.15) is 5.56 Å². The van der Waals surface area contributed by atoms with Crippen molar-refractivity contribution < 1.29 is 8.63 Å². The van der Waals surface area contributed by atoms with Crippen molar-refractivity contribution in [2.24, 2.45) is 0 Å². The molecule has 0 aliphatic carbocycles. The lowest BCUT2D eigenvalue weighted by molar-refractivity contribution is 0.466. The smallest absolute Gasteiger partial charge is 0.276 e. The normalized spacial score (nSPS) is 12.3. The summed E-state index contributed by atoms with van der Waals surface area (Å²) in [7, 11) is -1.24. The minimum absolute atomic E-state index is 0.410. The average Bonchev–Trinajstić information content (AvgIpc) is 3.06. The molecule has 1 atom stereocenters. The summed E-state index contributed by atoms with van der Waals surface area (Å²) in [6.45, 7) is 2.02. The summed E-state index contributed by atoms with van der Waals surface area (Å²) in [4.78, 5) is 0.542. The molecule has 0 saturated carbocycles. The van der Waals surface area contributed by atoms with Crippen LogP contribution in [0.25, 0.3) is 11.5 Å². The molecule has 1 heterocycles. The van der Waals surface area contributed by atoms with E-state index in [4.69, 9.17) is 27.6 Å². The minimum Gasteiger partial charge on any atom is -0.411 e. The van der Waals surface area contributed by atoms with E-state index < -0.39 is 10.8 Å². The number of aromatic nitrogens is 2. The predicted molar refractivity (Wildman–Crippen MR) is 103 cm³/mol. The third-order valence-corrected chi connectivity index (χ3v) is 6.50. The van der Waals surface area contributed by atoms with Crippen LogP contribution in [0.15, 0.2) is 57.0 Å². The number of benzene rings is 2. The molecule has 0 aliphatic heterocycles. The molecule has 1 unspecified atom stereocenters. The zero-order valence-corrected chi connectivity index (χ0v) is 16.4. The van der Waals surface area contributed by atoms with Crippen LogP contribution in [0.2, 0.25) is 10.0 Å². The molecule has 0 radical (unpaired) electrons. The molecule has 0 aliphatic rings. The third kappa shape index (κ3) is 4.85. The number of thioether (sulfide) groups is 1. The lowest BCUT2D eigenvalue weighted by atomic mass is 10.1. The fraction of sp³-hybridized carbons (Fsp3) is 0.176. The Labute approximate surface area is 162 Å². The van der Waals surface area contributed by atoms with E-state index in [0.717, 1.165) is 5.56 Å². The van der Waals surface area contributed by atoms with Crippen molar-refractivity contribution in [3.8, 4) is 11.5 Å². The molecular formula is C17H14Cl2N2O2S2. The summed E-state index contributed by atoms with van der Waals surface area (Å²) in [5.41, 5.74) is 2.04. The second kappa shape index (κ2) is 8.36. The van der Waals surface area contributed by atoms with E-state index >= 15 is 0 Å². The summed E-state index contributed by atoms with van der Waals surface area (Å²) >= 11 is 13.4. The van der Waals surface area contributed by atoms with Gasteiger partial charge in [0.1, 0.15) is 0 Å². The summed E-state index contributed by atoms with van der Waals surface area (Å²) < 4.78 is 18.0. The number of hydrogen-bond acceptors (Lipinski definition) is 5. The molecule has 0 bridgehead atoms. The summed E-state index contributed by atoms with van der Waals surface area (Å²) in [6, 6.07) is 12.8. The van der Waals surface area contributed by atoms with Gasteiger partial charge in [-0.3, -0.25) is 4.21 Å². The summed E-state index contributed by atoms with van der Waals surface area (Å²) in [6.07, 6.45) is 0. The van der Waals surface area contributed by atoms with Gasteiger partial charge in [0.2, 0.25) is 5.89 Å². The summed E-state index contributed by atoms with van der Waals surface area (Å²) in [5, 5.41) is 9.48. The fourth-order valence-corrected chi connectivity index (χ4v) is 4.77. The zero-order valence-electron chi connectivity index (χ0n) is 13.2. The fourth-order valence-electron chi connectivity index (χ4n) is 2.05. The molecule has 3 rings (SSSR count). The van der Waals surface area contributed by atoms with Crippen LogP contribution >= 0.6 is 35.0 Å². The van der Waals surface area contributed by atoms with Crippen molar-refractivity contribution >= 4 is 45.8 Å². The van der Waals surface area contributed by atoms with Crippen LogP contribution < -0.4 is 0 Å². The third-order valence-electron chi connectivity index (χ3n) is 3.34. The molecule has 0 amide bonds. The average molecular weight is 413 g/mol. The van der Waals surface area contributed by atoms with E-state index in [-0.39, 0.29) is 0 Å². The van der Waals surface area contributed by atoms with E-state index in [0.29, 0.717) is 37.6 Å². The molecule has 8 heteroatoms. The molecular weight excluding hydrogens is 399 g/mol. The number of rotatable bonds is 6. The highest BCUT2D eigenvalue weighted by molar-refractivity contribution is 8.00. The van der Waals surface area contributed by atoms with Gasteiger partial charge < -0.3 is 4.42 Å². The first kappa shape index (κ1) is 18.5. The first-order valence-electron chi connectivity index (χ1n) is 7.40. The Balaban J connectivity index is 1.58. The first-order chi connectivity index (χ1) is 12.0. The van der Waals surface area contributed by atoms with E-state index in [2.05, 4.69) is 10.2 Å². The van der Waals surface area contributed by atoms with E-state index in [1.165, 1.54) is 17.3 Å². The maximum absolute atomic E-state index is 12.4. The molecule has 2 aromatic carbocycles. The van der Waals surface area contributed by atoms with Crippen LogP contribution in [0.3, 0.4) is 0 Å². The van der Waals surface area contributed by atoms with Gasteiger partial charge in [0.25, 0.3) is 5.22 Å². The van der Waals surface area contributed by atoms with E-state index in [9.17, 15) is 4.21 Å². The van der Waals surface area contributed by atoms with Crippen LogP contribution in [0, 0.1) is 6.92 Å². The number of halogens is 2. The second-order valence-corrected chi connectivity index (χ2v) is 8.64. The molecule has 0 fully saturated rings. The van der Waals surface area contributed by atoms with Gasteiger partial charge in [-0.15, -0.1) is 10.2 Å². The minimum atomic E-state index is -1.24. The van der Waals surface area contributed by atoms with Gasteiger partial charge in [0.05, 0.1) is 20.7 Å². The highest BCUT2D eigenvalue weighted by Crippen LogP contribution is 2.26. The molecule has 25 heavy (non-hydrogen) atoms. The number of hydrogen-bond donors (Lipinski definition) is 0. The van der Waals surface area contributed by atoms with Gasteiger partial charge in [-0.25, -0.2) is 0 Å². The molecule has 0 spiro atoms. The Bertz CT molecular complexity index is 898. The largest absolute Gasteiger partial charge is 0.411 e. The lowest BCUT2D eigenvalue weighted by Gasteiger charge is -2.04. The van der Waals surface area contributed by atoms with Crippen molar-refractivity contribution in [2.75, 3.05) is 11.5 Å². The van der Waals surface area contributed by atoms with E-state index in [1.807, 2.05) is 31.2 Å². The maximum Gasteiger partial charge on any atom is 0.276 e. The van der Waals surface area contributed by atoms with Crippen LogP contribution in [-0.2, 0) is 10.8 Å². The second-order valence-electron chi connectivity index (χ2n) is 5.21. The topological polar surface area (TPSA) is 56.0 Å². The maximum atomic E-state index is 12.4.